The van der Waals surface area contributed by atoms with Crippen molar-refractivity contribution in [1.29, 1.82) is 0 Å². The van der Waals surface area contributed by atoms with Crippen LogP contribution in [-0.2, 0) is 11.3 Å². The van der Waals surface area contributed by atoms with Crippen LogP contribution in [0.25, 0.3) is 11.3 Å². The Morgan fingerprint density at radius 2 is 1.71 bits per heavy atom. The first kappa shape index (κ1) is 21.3. The predicted molar refractivity (Wildman–Crippen MR) is 129 cm³/mol. The Bertz CT molecular complexity index is 1520. The Morgan fingerprint density at radius 1 is 1.00 bits per heavy atom. The summed E-state index contributed by atoms with van der Waals surface area (Å²) < 4.78 is 7.50. The van der Waals surface area contributed by atoms with E-state index in [4.69, 9.17) is 15.6 Å². The normalized spacial score (nSPS) is 22.0. The number of fused-ring (bicyclic) bond motifs is 5. The number of carbonyl (C=O) groups excluding carboxylic acids is 2. The van der Waals surface area contributed by atoms with Gasteiger partial charge in [0.05, 0.1) is 5.69 Å². The Kier molecular flexibility index (Phi) is 4.34. The van der Waals surface area contributed by atoms with E-state index in [1.54, 1.807) is 36.4 Å². The van der Waals surface area contributed by atoms with Crippen molar-refractivity contribution in [2.75, 3.05) is 0 Å². The molecule has 2 unspecified atom stereocenters. The van der Waals surface area contributed by atoms with Gasteiger partial charge in [0.2, 0.25) is 11.3 Å². The van der Waals surface area contributed by atoms with Gasteiger partial charge >= 0.3 is 0 Å². The van der Waals surface area contributed by atoms with Gasteiger partial charge in [-0.05, 0) is 23.6 Å². The van der Waals surface area contributed by atoms with E-state index < -0.39 is 23.0 Å². The van der Waals surface area contributed by atoms with Crippen LogP contribution in [0.4, 0.5) is 0 Å². The van der Waals surface area contributed by atoms with Crippen molar-refractivity contribution < 1.29 is 19.4 Å². The van der Waals surface area contributed by atoms with Crippen LogP contribution < -0.4 is 10.5 Å². The summed E-state index contributed by atoms with van der Waals surface area (Å²) in [6, 6.07) is 23.1. The fourth-order valence-corrected chi connectivity index (χ4v) is 5.31. The average Bonchev–Trinajstić information content (AvgIpc) is 3.46. The Balaban J connectivity index is 1.71. The van der Waals surface area contributed by atoms with Crippen molar-refractivity contribution in [2.24, 2.45) is 5.73 Å². The molecule has 174 valence electrons. The number of hydrogen-bond acceptors (Lipinski definition) is 5. The molecule has 0 fully saturated rings. The van der Waals surface area contributed by atoms with Gasteiger partial charge < -0.3 is 15.6 Å². The highest BCUT2D eigenvalue weighted by atomic mass is 16.6. The van der Waals surface area contributed by atoms with Crippen molar-refractivity contribution in [2.45, 2.75) is 31.1 Å². The van der Waals surface area contributed by atoms with Gasteiger partial charge in [-0.3, -0.25) is 9.59 Å². The lowest BCUT2D eigenvalue weighted by Crippen LogP contribution is -2.55. The number of carbonyl (C=O) groups is 2. The number of primary amides is 1. The van der Waals surface area contributed by atoms with E-state index in [1.807, 2.05) is 56.3 Å². The van der Waals surface area contributed by atoms with Crippen molar-refractivity contribution in [3.63, 3.8) is 0 Å². The van der Waals surface area contributed by atoms with Gasteiger partial charge in [-0.1, -0.05) is 80.6 Å². The summed E-state index contributed by atoms with van der Waals surface area (Å²) in [5.41, 5.74) is 7.16. The minimum absolute atomic E-state index is 0.00665. The second kappa shape index (κ2) is 7.13. The maximum atomic E-state index is 14.3. The van der Waals surface area contributed by atoms with Crippen LogP contribution in [0.15, 0.2) is 78.9 Å². The SMILES string of the molecule is CC(C)c1ccc2c(c1)OC1(O)c3ccccc3C(=O)C21n1nc(-c2ccccc2)cc1C(N)=O. The number of nitrogens with zero attached hydrogens (tertiary/aromatic N) is 2. The molecule has 3 N–H and O–H groups in total. The zero-order chi connectivity index (χ0) is 24.5. The molecule has 6 rings (SSSR count). The van der Waals surface area contributed by atoms with Crippen molar-refractivity contribution in [3.05, 3.63) is 107 Å². The zero-order valence-corrected chi connectivity index (χ0v) is 19.2. The zero-order valence-electron chi connectivity index (χ0n) is 19.2. The van der Waals surface area contributed by atoms with Crippen molar-refractivity contribution in [3.8, 4) is 17.0 Å². The molecule has 1 aliphatic carbocycles. The first-order chi connectivity index (χ1) is 16.8. The van der Waals surface area contributed by atoms with E-state index in [9.17, 15) is 14.7 Å². The summed E-state index contributed by atoms with van der Waals surface area (Å²) in [6.45, 7) is 4.10. The third-order valence-electron chi connectivity index (χ3n) is 7.02. The Morgan fingerprint density at radius 3 is 2.43 bits per heavy atom. The highest BCUT2D eigenvalue weighted by Crippen LogP contribution is 2.60. The van der Waals surface area contributed by atoms with Gasteiger partial charge in [-0.15, -0.1) is 0 Å². The lowest BCUT2D eigenvalue weighted by atomic mass is 9.82. The standard InChI is InChI=1S/C28H23N3O4/c1-16(2)18-12-13-21-24(14-18)35-28(34)20-11-7-6-10-19(20)25(32)27(21,28)31-23(26(29)33)15-22(30-31)17-8-4-3-5-9-17/h3-16,34H,1-2H3,(H2,29,33). The van der Waals surface area contributed by atoms with Crippen molar-refractivity contribution in [1.82, 2.24) is 9.78 Å². The molecule has 7 heteroatoms. The number of hydrogen-bond donors (Lipinski definition) is 2. The Hall–Kier alpha value is -4.23. The molecule has 7 nitrogen and oxygen atoms in total. The van der Waals surface area contributed by atoms with Gasteiger partial charge in [-0.2, -0.15) is 5.10 Å². The van der Waals surface area contributed by atoms with E-state index >= 15 is 0 Å². The lowest BCUT2D eigenvalue weighted by Gasteiger charge is -2.34. The number of benzene rings is 3. The number of Topliss-reactive ketones (excluding diaryl/α,β-unsaturated/α-hetero) is 1. The molecule has 1 amide bonds. The molecule has 0 saturated heterocycles. The molecule has 1 aromatic heterocycles. The number of amides is 1. The minimum atomic E-state index is -2.12. The van der Waals surface area contributed by atoms with Crippen LogP contribution in [0.3, 0.4) is 0 Å². The molecule has 3 aromatic carbocycles. The van der Waals surface area contributed by atoms with Crippen LogP contribution in [0.2, 0.25) is 0 Å². The maximum Gasteiger partial charge on any atom is 0.273 e. The van der Waals surface area contributed by atoms with E-state index in [2.05, 4.69) is 0 Å². The largest absolute Gasteiger partial charge is 0.454 e. The monoisotopic (exact) mass is 465 g/mol. The maximum absolute atomic E-state index is 14.3. The molecule has 2 heterocycles. The predicted octanol–water partition coefficient (Wildman–Crippen LogP) is 3.95. The molecule has 0 spiro atoms. The van der Waals surface area contributed by atoms with Crippen LogP contribution in [0, 0.1) is 0 Å². The van der Waals surface area contributed by atoms with E-state index in [0.29, 0.717) is 28.1 Å². The topological polar surface area (TPSA) is 107 Å². The van der Waals surface area contributed by atoms with Crippen LogP contribution >= 0.6 is 0 Å². The van der Waals surface area contributed by atoms with E-state index in [0.717, 1.165) is 11.1 Å². The molecular weight excluding hydrogens is 442 g/mol. The van der Waals surface area contributed by atoms with Crippen LogP contribution in [0.1, 0.15) is 57.3 Å². The van der Waals surface area contributed by atoms with Gasteiger partial charge in [0.25, 0.3) is 11.7 Å². The molecule has 0 radical (unpaired) electrons. The highest BCUT2D eigenvalue weighted by molar-refractivity contribution is 6.11. The number of aromatic nitrogens is 2. The summed E-state index contributed by atoms with van der Waals surface area (Å²) in [6.07, 6.45) is 0. The van der Waals surface area contributed by atoms with Crippen LogP contribution in [0.5, 0.6) is 5.75 Å². The Labute approximate surface area is 201 Å². The number of rotatable bonds is 4. The van der Waals surface area contributed by atoms with Crippen LogP contribution in [-0.4, -0.2) is 26.6 Å². The summed E-state index contributed by atoms with van der Waals surface area (Å²) in [7, 11) is 0. The summed E-state index contributed by atoms with van der Waals surface area (Å²) >= 11 is 0. The van der Waals surface area contributed by atoms with Crippen molar-refractivity contribution >= 4 is 11.7 Å². The van der Waals surface area contributed by atoms with E-state index in [1.165, 1.54) is 4.68 Å². The second-order valence-corrected chi connectivity index (χ2v) is 9.30. The highest BCUT2D eigenvalue weighted by Gasteiger charge is 2.73. The summed E-state index contributed by atoms with van der Waals surface area (Å²) in [4.78, 5) is 26.9. The molecule has 0 bridgehead atoms. The van der Waals surface area contributed by atoms with Gasteiger partial charge in [0, 0.05) is 22.3 Å². The summed E-state index contributed by atoms with van der Waals surface area (Å²) in [5, 5.41) is 16.9. The quantitative estimate of drug-likeness (QED) is 0.475. The van der Waals surface area contributed by atoms with Gasteiger partial charge in [0.1, 0.15) is 11.4 Å². The first-order valence-corrected chi connectivity index (χ1v) is 11.4. The molecular formula is C28H23N3O4. The van der Waals surface area contributed by atoms with Gasteiger partial charge in [-0.25, -0.2) is 4.68 Å². The lowest BCUT2D eigenvalue weighted by molar-refractivity contribution is -0.173. The third kappa shape index (κ3) is 2.61. The number of aliphatic hydroxyl groups is 1. The molecule has 4 aromatic rings. The smallest absolute Gasteiger partial charge is 0.273 e. The third-order valence-corrected chi connectivity index (χ3v) is 7.02. The molecule has 2 atom stereocenters. The number of ketones is 1. The second-order valence-electron chi connectivity index (χ2n) is 9.30. The average molecular weight is 466 g/mol. The number of nitrogens with two attached hydrogens (primary N) is 1. The minimum Gasteiger partial charge on any atom is -0.454 e. The molecule has 2 aliphatic rings. The molecule has 0 saturated carbocycles. The first-order valence-electron chi connectivity index (χ1n) is 11.4. The molecule has 35 heavy (non-hydrogen) atoms. The molecule has 1 aliphatic heterocycles. The fourth-order valence-electron chi connectivity index (χ4n) is 5.31. The summed E-state index contributed by atoms with van der Waals surface area (Å²) in [5.74, 6) is -2.74. The van der Waals surface area contributed by atoms with Gasteiger partial charge in [0.15, 0.2) is 0 Å². The fraction of sp³-hybridized carbons (Fsp3) is 0.179. The number of ether oxygens (including phenoxy) is 1. The van der Waals surface area contributed by atoms with E-state index in [-0.39, 0.29) is 11.6 Å².